The van der Waals surface area contributed by atoms with Gasteiger partial charge in [0.15, 0.2) is 5.69 Å². The highest BCUT2D eigenvalue weighted by Gasteiger charge is 2.32. The van der Waals surface area contributed by atoms with Crippen molar-refractivity contribution in [3.63, 3.8) is 0 Å². The van der Waals surface area contributed by atoms with E-state index in [4.69, 9.17) is 5.21 Å². The Morgan fingerprint density at radius 3 is 2.73 bits per heavy atom. The highest BCUT2D eigenvalue weighted by molar-refractivity contribution is 5.99. The van der Waals surface area contributed by atoms with E-state index in [1.807, 2.05) is 48.9 Å². The molecule has 3 heterocycles. The van der Waals surface area contributed by atoms with Gasteiger partial charge in [-0.1, -0.05) is 18.2 Å². The van der Waals surface area contributed by atoms with Gasteiger partial charge in [-0.2, -0.15) is 5.10 Å². The first kappa shape index (κ1) is 16.3. The van der Waals surface area contributed by atoms with Crippen molar-refractivity contribution in [2.24, 2.45) is 7.05 Å². The molecule has 8 nitrogen and oxygen atoms in total. The Bertz CT molecular complexity index is 1020. The molecule has 2 N–H and O–H groups in total. The van der Waals surface area contributed by atoms with Crippen molar-refractivity contribution in [1.82, 2.24) is 24.7 Å². The number of carbonyl (C=O) groups is 2. The maximum absolute atomic E-state index is 13.2. The van der Waals surface area contributed by atoms with Crippen molar-refractivity contribution in [3.8, 4) is 0 Å². The SMILES string of the molecule is CC1c2cc(C(=O)NO)nn2CCN1C(=O)c1cc2ccccc2n1C. The number of hydroxylamine groups is 1. The number of aryl methyl sites for hydroxylation is 1. The van der Waals surface area contributed by atoms with E-state index in [2.05, 4.69) is 5.10 Å². The van der Waals surface area contributed by atoms with Crippen LogP contribution in [0.3, 0.4) is 0 Å². The fourth-order valence-corrected chi connectivity index (χ4v) is 3.59. The molecule has 1 atom stereocenters. The summed E-state index contributed by atoms with van der Waals surface area (Å²) in [7, 11) is 1.89. The number of amides is 2. The summed E-state index contributed by atoms with van der Waals surface area (Å²) in [6.07, 6.45) is 0. The number of para-hydroxylation sites is 1. The molecule has 26 heavy (non-hydrogen) atoms. The van der Waals surface area contributed by atoms with Crippen LogP contribution in [0.5, 0.6) is 0 Å². The van der Waals surface area contributed by atoms with E-state index in [1.165, 1.54) is 0 Å². The molecule has 134 valence electrons. The van der Waals surface area contributed by atoms with Crippen molar-refractivity contribution in [1.29, 1.82) is 0 Å². The number of benzene rings is 1. The fourth-order valence-electron chi connectivity index (χ4n) is 3.59. The Kier molecular flexibility index (Phi) is 3.77. The largest absolute Gasteiger partial charge is 0.340 e. The van der Waals surface area contributed by atoms with Crippen molar-refractivity contribution in [2.75, 3.05) is 6.54 Å². The second kappa shape index (κ2) is 5.99. The van der Waals surface area contributed by atoms with Crippen molar-refractivity contribution < 1.29 is 14.8 Å². The van der Waals surface area contributed by atoms with Crippen LogP contribution in [0, 0.1) is 0 Å². The van der Waals surface area contributed by atoms with Crippen molar-refractivity contribution in [3.05, 3.63) is 53.5 Å². The minimum atomic E-state index is -0.661. The second-order valence-electron chi connectivity index (χ2n) is 6.44. The molecule has 0 aliphatic carbocycles. The molecular formula is C18H19N5O3. The van der Waals surface area contributed by atoms with Gasteiger partial charge in [0.1, 0.15) is 5.69 Å². The summed E-state index contributed by atoms with van der Waals surface area (Å²) in [5.41, 5.74) is 4.12. The average Bonchev–Trinajstić information content (AvgIpc) is 3.23. The lowest BCUT2D eigenvalue weighted by molar-refractivity contribution is 0.0625. The third kappa shape index (κ3) is 2.38. The van der Waals surface area contributed by atoms with Crippen LogP contribution in [-0.4, -0.2) is 42.8 Å². The van der Waals surface area contributed by atoms with Gasteiger partial charge < -0.3 is 9.47 Å². The first-order valence-electron chi connectivity index (χ1n) is 8.39. The predicted molar refractivity (Wildman–Crippen MR) is 93.9 cm³/mol. The zero-order valence-electron chi connectivity index (χ0n) is 14.5. The number of rotatable bonds is 2. The van der Waals surface area contributed by atoms with Gasteiger partial charge in [-0.15, -0.1) is 0 Å². The molecule has 0 saturated carbocycles. The number of aromatic nitrogens is 3. The van der Waals surface area contributed by atoms with E-state index >= 15 is 0 Å². The van der Waals surface area contributed by atoms with Gasteiger partial charge in [-0.3, -0.25) is 19.5 Å². The molecule has 0 bridgehead atoms. The highest BCUT2D eigenvalue weighted by atomic mass is 16.5. The van der Waals surface area contributed by atoms with Gasteiger partial charge >= 0.3 is 0 Å². The fraction of sp³-hybridized carbons (Fsp3) is 0.278. The summed E-state index contributed by atoms with van der Waals surface area (Å²) in [6, 6.07) is 11.2. The zero-order chi connectivity index (χ0) is 18.4. The Hall–Kier alpha value is -3.13. The van der Waals surface area contributed by atoms with Crippen molar-refractivity contribution >= 4 is 22.7 Å². The molecule has 0 radical (unpaired) electrons. The Balaban J connectivity index is 1.68. The molecule has 1 unspecified atom stereocenters. The van der Waals surface area contributed by atoms with E-state index in [-0.39, 0.29) is 17.6 Å². The minimum absolute atomic E-state index is 0.0585. The number of hydrogen-bond donors (Lipinski definition) is 2. The lowest BCUT2D eigenvalue weighted by Gasteiger charge is -2.34. The Morgan fingerprint density at radius 1 is 1.23 bits per heavy atom. The number of carbonyl (C=O) groups excluding carboxylic acids is 2. The second-order valence-corrected chi connectivity index (χ2v) is 6.44. The topological polar surface area (TPSA) is 92.4 Å². The van der Waals surface area contributed by atoms with Crippen LogP contribution in [0.15, 0.2) is 36.4 Å². The van der Waals surface area contributed by atoms with Crippen LogP contribution in [0.2, 0.25) is 0 Å². The third-order valence-electron chi connectivity index (χ3n) is 5.03. The van der Waals surface area contributed by atoms with Crippen LogP contribution >= 0.6 is 0 Å². The predicted octanol–water partition coefficient (Wildman–Crippen LogP) is 1.71. The first-order chi connectivity index (χ1) is 12.5. The molecule has 0 fully saturated rings. The molecule has 3 aromatic rings. The zero-order valence-corrected chi connectivity index (χ0v) is 14.5. The summed E-state index contributed by atoms with van der Waals surface area (Å²) >= 11 is 0. The Labute approximate surface area is 149 Å². The van der Waals surface area contributed by atoms with Gasteiger partial charge in [0.25, 0.3) is 11.8 Å². The number of hydrogen-bond acceptors (Lipinski definition) is 4. The third-order valence-corrected chi connectivity index (χ3v) is 5.03. The van der Waals surface area contributed by atoms with Crippen LogP contribution in [0.25, 0.3) is 10.9 Å². The molecule has 2 aromatic heterocycles. The van der Waals surface area contributed by atoms with Gasteiger partial charge in [0, 0.05) is 24.5 Å². The van der Waals surface area contributed by atoms with E-state index < -0.39 is 5.91 Å². The summed E-state index contributed by atoms with van der Waals surface area (Å²) < 4.78 is 3.61. The summed E-state index contributed by atoms with van der Waals surface area (Å²) in [5.74, 6) is -0.720. The number of nitrogens with one attached hydrogen (secondary N) is 1. The quantitative estimate of drug-likeness (QED) is 0.542. The molecule has 4 rings (SSSR count). The van der Waals surface area contributed by atoms with E-state index in [9.17, 15) is 9.59 Å². The van der Waals surface area contributed by atoms with Gasteiger partial charge in [0.2, 0.25) is 0 Å². The van der Waals surface area contributed by atoms with Crippen molar-refractivity contribution in [2.45, 2.75) is 19.5 Å². The standard InChI is InChI=1S/C18H19N5O3/c1-11-15-10-13(17(24)20-26)19-23(15)8-7-22(11)18(25)16-9-12-5-3-4-6-14(12)21(16)2/h3-6,9-11,26H,7-8H2,1-2H3,(H,20,24). The van der Waals surface area contributed by atoms with Crippen LogP contribution in [0.4, 0.5) is 0 Å². The van der Waals surface area contributed by atoms with Crippen LogP contribution in [-0.2, 0) is 13.6 Å². The van der Waals surface area contributed by atoms with E-state index in [0.29, 0.717) is 18.8 Å². The molecule has 1 aliphatic rings. The summed E-state index contributed by atoms with van der Waals surface area (Å²) in [5, 5.41) is 14.0. The molecule has 2 amide bonds. The van der Waals surface area contributed by atoms with Gasteiger partial charge in [-0.05, 0) is 25.1 Å². The van der Waals surface area contributed by atoms with Gasteiger partial charge in [-0.25, -0.2) is 5.48 Å². The molecule has 1 aromatic carbocycles. The maximum Gasteiger partial charge on any atom is 0.295 e. The van der Waals surface area contributed by atoms with E-state index in [0.717, 1.165) is 16.6 Å². The maximum atomic E-state index is 13.2. The Morgan fingerprint density at radius 2 is 2.00 bits per heavy atom. The normalized spacial score (nSPS) is 16.6. The van der Waals surface area contributed by atoms with Crippen LogP contribution < -0.4 is 5.48 Å². The lowest BCUT2D eigenvalue weighted by Crippen LogP contribution is -2.41. The molecule has 0 spiro atoms. The molecule has 0 saturated heterocycles. The average molecular weight is 353 g/mol. The lowest BCUT2D eigenvalue weighted by atomic mass is 10.1. The molecular weight excluding hydrogens is 334 g/mol. The molecule has 8 heteroatoms. The summed E-state index contributed by atoms with van der Waals surface area (Å²) in [6.45, 7) is 2.90. The molecule has 1 aliphatic heterocycles. The highest BCUT2D eigenvalue weighted by Crippen LogP contribution is 2.28. The summed E-state index contributed by atoms with van der Waals surface area (Å²) in [4.78, 5) is 26.5. The van der Waals surface area contributed by atoms with Crippen LogP contribution in [0.1, 0.15) is 39.6 Å². The van der Waals surface area contributed by atoms with Gasteiger partial charge in [0.05, 0.1) is 18.3 Å². The number of nitrogens with zero attached hydrogens (tertiary/aromatic N) is 4. The monoisotopic (exact) mass is 353 g/mol. The minimum Gasteiger partial charge on any atom is -0.340 e. The van der Waals surface area contributed by atoms with E-state index in [1.54, 1.807) is 21.1 Å². The first-order valence-corrected chi connectivity index (χ1v) is 8.39. The number of fused-ring (bicyclic) bond motifs is 2. The smallest absolute Gasteiger partial charge is 0.295 e.